The molecule has 2 rings (SSSR count). The number of rotatable bonds is 3. The van der Waals surface area contributed by atoms with Crippen LogP contribution in [0.15, 0.2) is 40.9 Å². The van der Waals surface area contributed by atoms with Crippen LogP contribution >= 0.6 is 15.9 Å². The molecule has 0 heterocycles. The van der Waals surface area contributed by atoms with E-state index in [0.717, 1.165) is 32.4 Å². The van der Waals surface area contributed by atoms with Crippen LogP contribution in [0.4, 0.5) is 5.69 Å². The zero-order valence-corrected chi connectivity index (χ0v) is 14.0. The average molecular weight is 347 g/mol. The summed E-state index contributed by atoms with van der Waals surface area (Å²) in [5.74, 6) is -0.216. The molecule has 0 saturated heterocycles. The van der Waals surface area contributed by atoms with Crippen LogP contribution in [0.5, 0.6) is 0 Å². The minimum Gasteiger partial charge on any atom is -0.323 e. The number of anilines is 1. The molecule has 110 valence electrons. The van der Waals surface area contributed by atoms with E-state index in [1.54, 1.807) is 0 Å². The average Bonchev–Trinajstić information content (AvgIpc) is 2.42. The highest BCUT2D eigenvalue weighted by molar-refractivity contribution is 9.10. The number of hydrogen-bond acceptors (Lipinski definition) is 2. The summed E-state index contributed by atoms with van der Waals surface area (Å²) in [6, 6.07) is 11.0. The number of carbonyl (C=O) groups excluding carboxylic acids is 1. The van der Waals surface area contributed by atoms with Crippen molar-refractivity contribution in [1.82, 2.24) is 0 Å². The second kappa shape index (κ2) is 6.41. The summed E-state index contributed by atoms with van der Waals surface area (Å²) in [7, 11) is 0. The molecule has 2 aromatic carbocycles. The molecule has 0 bridgehead atoms. The van der Waals surface area contributed by atoms with E-state index in [1.165, 1.54) is 0 Å². The molecule has 0 spiro atoms. The fraction of sp³-hybridized carbons (Fsp3) is 0.235. The molecule has 1 amide bonds. The summed E-state index contributed by atoms with van der Waals surface area (Å²) in [4.78, 5) is 12.3. The maximum Gasteiger partial charge on any atom is 0.245 e. The van der Waals surface area contributed by atoms with Gasteiger partial charge >= 0.3 is 0 Å². The van der Waals surface area contributed by atoms with Crippen molar-refractivity contribution in [2.75, 3.05) is 5.32 Å². The zero-order valence-electron chi connectivity index (χ0n) is 12.4. The van der Waals surface area contributed by atoms with Gasteiger partial charge in [0, 0.05) is 4.47 Å². The van der Waals surface area contributed by atoms with Gasteiger partial charge in [0.1, 0.15) is 6.04 Å². The standard InChI is InChI=1S/C17H19BrN2O/c1-10-4-6-13(7-5-10)15(19)17(21)20-16-12(3)8-11(2)9-14(16)18/h4-9,15H,19H2,1-3H3,(H,20,21). The maximum atomic E-state index is 12.3. The first-order valence-electron chi connectivity index (χ1n) is 6.78. The lowest BCUT2D eigenvalue weighted by Gasteiger charge is -2.16. The lowest BCUT2D eigenvalue weighted by molar-refractivity contribution is -0.117. The Morgan fingerprint density at radius 3 is 2.29 bits per heavy atom. The summed E-state index contributed by atoms with van der Waals surface area (Å²) in [6.07, 6.45) is 0. The van der Waals surface area contributed by atoms with Crippen LogP contribution in [0.1, 0.15) is 28.3 Å². The number of nitrogens with one attached hydrogen (secondary N) is 1. The van der Waals surface area contributed by atoms with Gasteiger partial charge in [-0.1, -0.05) is 35.9 Å². The molecule has 0 fully saturated rings. The third-order valence-corrected chi connectivity index (χ3v) is 4.02. The fourth-order valence-corrected chi connectivity index (χ4v) is 2.97. The number of aryl methyl sites for hydroxylation is 3. The molecule has 0 aliphatic rings. The molecule has 21 heavy (non-hydrogen) atoms. The van der Waals surface area contributed by atoms with Crippen LogP contribution in [0.3, 0.4) is 0 Å². The van der Waals surface area contributed by atoms with Crippen molar-refractivity contribution >= 4 is 27.5 Å². The highest BCUT2D eigenvalue weighted by atomic mass is 79.9. The Morgan fingerprint density at radius 2 is 1.71 bits per heavy atom. The van der Waals surface area contributed by atoms with E-state index < -0.39 is 6.04 Å². The Bertz CT molecular complexity index is 642. The van der Waals surface area contributed by atoms with Gasteiger partial charge in [0.15, 0.2) is 0 Å². The van der Waals surface area contributed by atoms with Gasteiger partial charge in [-0.05, 0) is 59.5 Å². The second-order valence-corrected chi connectivity index (χ2v) is 6.17. The van der Waals surface area contributed by atoms with Gasteiger partial charge in [-0.15, -0.1) is 0 Å². The largest absolute Gasteiger partial charge is 0.323 e. The monoisotopic (exact) mass is 346 g/mol. The van der Waals surface area contributed by atoms with Crippen LogP contribution in [-0.2, 0) is 4.79 Å². The molecule has 0 aliphatic heterocycles. The van der Waals surface area contributed by atoms with Gasteiger partial charge in [-0.25, -0.2) is 0 Å². The second-order valence-electron chi connectivity index (χ2n) is 5.32. The number of halogens is 1. The topological polar surface area (TPSA) is 55.1 Å². The van der Waals surface area contributed by atoms with E-state index >= 15 is 0 Å². The molecule has 0 aromatic heterocycles. The van der Waals surface area contributed by atoms with Crippen molar-refractivity contribution in [3.8, 4) is 0 Å². The molecule has 2 aromatic rings. The van der Waals surface area contributed by atoms with Crippen LogP contribution in [-0.4, -0.2) is 5.91 Å². The van der Waals surface area contributed by atoms with Crippen molar-refractivity contribution in [3.05, 3.63) is 63.1 Å². The SMILES string of the molecule is Cc1ccc(C(N)C(=O)Nc2c(C)cc(C)cc2Br)cc1. The first-order chi connectivity index (χ1) is 9.88. The Labute approximate surface area is 133 Å². The third-order valence-electron chi connectivity index (χ3n) is 3.40. The van der Waals surface area contributed by atoms with E-state index in [4.69, 9.17) is 5.73 Å². The molecular weight excluding hydrogens is 328 g/mol. The van der Waals surface area contributed by atoms with Gasteiger partial charge in [0.2, 0.25) is 5.91 Å². The predicted octanol–water partition coefficient (Wildman–Crippen LogP) is 4.01. The quantitative estimate of drug-likeness (QED) is 0.881. The first-order valence-corrected chi connectivity index (χ1v) is 7.57. The minimum absolute atomic E-state index is 0.216. The summed E-state index contributed by atoms with van der Waals surface area (Å²) in [5, 5.41) is 2.91. The number of nitrogens with two attached hydrogens (primary N) is 1. The maximum absolute atomic E-state index is 12.3. The Hall–Kier alpha value is -1.65. The van der Waals surface area contributed by atoms with E-state index in [-0.39, 0.29) is 5.91 Å². The molecule has 3 nitrogen and oxygen atoms in total. The van der Waals surface area contributed by atoms with Gasteiger partial charge in [-0.3, -0.25) is 4.79 Å². The molecule has 0 saturated carbocycles. The third kappa shape index (κ3) is 3.71. The zero-order chi connectivity index (χ0) is 15.6. The summed E-state index contributed by atoms with van der Waals surface area (Å²) in [6.45, 7) is 5.98. The van der Waals surface area contributed by atoms with Crippen molar-refractivity contribution in [2.45, 2.75) is 26.8 Å². The number of carbonyl (C=O) groups is 1. The van der Waals surface area contributed by atoms with Gasteiger partial charge in [-0.2, -0.15) is 0 Å². The van der Waals surface area contributed by atoms with Crippen LogP contribution in [0.2, 0.25) is 0 Å². The fourth-order valence-electron chi connectivity index (χ4n) is 2.20. The predicted molar refractivity (Wildman–Crippen MR) is 90.4 cm³/mol. The highest BCUT2D eigenvalue weighted by Gasteiger charge is 2.17. The van der Waals surface area contributed by atoms with Gasteiger partial charge in [0.25, 0.3) is 0 Å². The van der Waals surface area contributed by atoms with E-state index in [9.17, 15) is 4.79 Å². The van der Waals surface area contributed by atoms with Crippen LogP contribution < -0.4 is 11.1 Å². The van der Waals surface area contributed by atoms with E-state index in [1.807, 2.05) is 57.2 Å². The van der Waals surface area contributed by atoms with Crippen molar-refractivity contribution < 1.29 is 4.79 Å². The number of benzene rings is 2. The Morgan fingerprint density at radius 1 is 1.10 bits per heavy atom. The van der Waals surface area contributed by atoms with Gasteiger partial charge in [0.05, 0.1) is 5.69 Å². The molecule has 0 aliphatic carbocycles. The van der Waals surface area contributed by atoms with Gasteiger partial charge < -0.3 is 11.1 Å². The molecule has 3 N–H and O–H groups in total. The Kier molecular flexibility index (Phi) is 4.80. The molecule has 0 radical (unpaired) electrons. The molecule has 4 heteroatoms. The summed E-state index contributed by atoms with van der Waals surface area (Å²) in [5.41, 5.74) is 10.9. The molecule has 1 atom stereocenters. The Balaban J connectivity index is 2.20. The van der Waals surface area contributed by atoms with Crippen molar-refractivity contribution in [1.29, 1.82) is 0 Å². The first kappa shape index (κ1) is 15.7. The van der Waals surface area contributed by atoms with Crippen LogP contribution in [0, 0.1) is 20.8 Å². The molecule has 1 unspecified atom stereocenters. The smallest absolute Gasteiger partial charge is 0.245 e. The van der Waals surface area contributed by atoms with Crippen LogP contribution in [0.25, 0.3) is 0 Å². The van der Waals surface area contributed by atoms with E-state index in [0.29, 0.717) is 0 Å². The normalized spacial score (nSPS) is 12.0. The minimum atomic E-state index is -0.682. The number of amides is 1. The van der Waals surface area contributed by atoms with E-state index in [2.05, 4.69) is 21.2 Å². The number of hydrogen-bond donors (Lipinski definition) is 2. The van der Waals surface area contributed by atoms with Crippen molar-refractivity contribution in [2.24, 2.45) is 5.73 Å². The molecular formula is C17H19BrN2O. The lowest BCUT2D eigenvalue weighted by Crippen LogP contribution is -2.28. The lowest BCUT2D eigenvalue weighted by atomic mass is 10.0. The highest BCUT2D eigenvalue weighted by Crippen LogP contribution is 2.28. The summed E-state index contributed by atoms with van der Waals surface area (Å²) >= 11 is 3.49. The summed E-state index contributed by atoms with van der Waals surface area (Å²) < 4.78 is 0.865. The van der Waals surface area contributed by atoms with Crippen molar-refractivity contribution in [3.63, 3.8) is 0 Å².